The Balaban J connectivity index is 1.94. The summed E-state index contributed by atoms with van der Waals surface area (Å²) >= 11 is 0. The van der Waals surface area contributed by atoms with E-state index in [1.54, 1.807) is 12.1 Å². The molecule has 5 nitrogen and oxygen atoms in total. The van der Waals surface area contributed by atoms with Gasteiger partial charge in [-0.25, -0.2) is 13.6 Å². The van der Waals surface area contributed by atoms with Gasteiger partial charge in [-0.05, 0) is 31.0 Å². The fourth-order valence-electron chi connectivity index (χ4n) is 2.26. The molecule has 1 aromatic carbocycles. The van der Waals surface area contributed by atoms with Gasteiger partial charge < -0.3 is 10.1 Å². The summed E-state index contributed by atoms with van der Waals surface area (Å²) in [6.45, 7) is 3.78. The first kappa shape index (κ1) is 14.3. The standard InChI is InChI=1S/C13H20N2O3S/c1-10(12-6-7-18-8-12)15-13-4-2-11(3-5-13)9-19(14,16)17/h2-5,10,12,15H,6-9H2,1H3,(H2,14,16,17). The number of benzene rings is 1. The maximum absolute atomic E-state index is 11.0. The minimum atomic E-state index is -3.46. The molecular weight excluding hydrogens is 264 g/mol. The van der Waals surface area contributed by atoms with E-state index in [1.807, 2.05) is 12.1 Å². The fraction of sp³-hybridized carbons (Fsp3) is 0.538. The Labute approximate surface area is 114 Å². The highest BCUT2D eigenvalue weighted by atomic mass is 32.2. The molecular formula is C13H20N2O3S. The summed E-state index contributed by atoms with van der Waals surface area (Å²) in [6, 6.07) is 7.67. The molecule has 1 aliphatic heterocycles. The van der Waals surface area contributed by atoms with E-state index in [-0.39, 0.29) is 5.75 Å². The average molecular weight is 284 g/mol. The maximum Gasteiger partial charge on any atom is 0.213 e. The molecule has 2 atom stereocenters. The van der Waals surface area contributed by atoms with Crippen LogP contribution in [0, 0.1) is 5.92 Å². The summed E-state index contributed by atoms with van der Waals surface area (Å²) in [7, 11) is -3.46. The lowest BCUT2D eigenvalue weighted by Gasteiger charge is -2.20. The Morgan fingerprint density at radius 2 is 2.11 bits per heavy atom. The van der Waals surface area contributed by atoms with Gasteiger partial charge in [-0.3, -0.25) is 0 Å². The summed E-state index contributed by atoms with van der Waals surface area (Å²) < 4.78 is 27.3. The van der Waals surface area contributed by atoms with Crippen LogP contribution in [0.5, 0.6) is 0 Å². The molecule has 0 amide bonds. The molecule has 2 rings (SSSR count). The second-order valence-corrected chi connectivity index (χ2v) is 6.68. The first-order valence-electron chi connectivity index (χ1n) is 6.38. The van der Waals surface area contributed by atoms with Gasteiger partial charge in [-0.1, -0.05) is 12.1 Å². The van der Waals surface area contributed by atoms with Gasteiger partial charge in [0.05, 0.1) is 12.4 Å². The minimum absolute atomic E-state index is 0.126. The van der Waals surface area contributed by atoms with E-state index in [4.69, 9.17) is 9.88 Å². The van der Waals surface area contributed by atoms with Gasteiger partial charge in [-0.15, -0.1) is 0 Å². The molecule has 3 N–H and O–H groups in total. The quantitative estimate of drug-likeness (QED) is 0.854. The van der Waals surface area contributed by atoms with Crippen LogP contribution in [-0.2, 0) is 20.5 Å². The number of hydrogen-bond donors (Lipinski definition) is 2. The predicted octanol–water partition coefficient (Wildman–Crippen LogP) is 1.31. The second-order valence-electron chi connectivity index (χ2n) is 5.06. The Hall–Kier alpha value is -1.11. The van der Waals surface area contributed by atoms with Crippen molar-refractivity contribution in [2.75, 3.05) is 18.5 Å². The molecule has 19 heavy (non-hydrogen) atoms. The summed E-state index contributed by atoms with van der Waals surface area (Å²) in [6.07, 6.45) is 1.08. The number of sulfonamides is 1. The molecule has 1 aromatic rings. The second kappa shape index (κ2) is 5.90. The molecule has 1 heterocycles. The van der Waals surface area contributed by atoms with Crippen molar-refractivity contribution in [3.63, 3.8) is 0 Å². The SMILES string of the molecule is CC(Nc1ccc(CS(N)(=O)=O)cc1)C1CCOC1. The van der Waals surface area contributed by atoms with Crippen molar-refractivity contribution in [1.29, 1.82) is 0 Å². The zero-order valence-corrected chi connectivity index (χ0v) is 11.8. The van der Waals surface area contributed by atoms with Crippen LogP contribution in [0.1, 0.15) is 18.9 Å². The molecule has 1 saturated heterocycles. The maximum atomic E-state index is 11.0. The van der Waals surface area contributed by atoms with Gasteiger partial charge >= 0.3 is 0 Å². The Morgan fingerprint density at radius 3 is 2.63 bits per heavy atom. The van der Waals surface area contributed by atoms with Crippen LogP contribution in [0.4, 0.5) is 5.69 Å². The van der Waals surface area contributed by atoms with Crippen molar-refractivity contribution in [2.45, 2.75) is 25.1 Å². The van der Waals surface area contributed by atoms with E-state index in [9.17, 15) is 8.42 Å². The van der Waals surface area contributed by atoms with Crippen LogP contribution in [0.2, 0.25) is 0 Å². The van der Waals surface area contributed by atoms with Gasteiger partial charge in [0, 0.05) is 24.3 Å². The third kappa shape index (κ3) is 4.49. The van der Waals surface area contributed by atoms with E-state index in [2.05, 4.69) is 12.2 Å². The highest BCUT2D eigenvalue weighted by Gasteiger charge is 2.21. The van der Waals surface area contributed by atoms with Gasteiger partial charge in [0.15, 0.2) is 0 Å². The van der Waals surface area contributed by atoms with Gasteiger partial charge in [0.2, 0.25) is 10.0 Å². The molecule has 0 saturated carbocycles. The molecule has 0 spiro atoms. The minimum Gasteiger partial charge on any atom is -0.382 e. The van der Waals surface area contributed by atoms with Crippen LogP contribution in [0.25, 0.3) is 0 Å². The van der Waals surface area contributed by atoms with Crippen molar-refractivity contribution in [1.82, 2.24) is 0 Å². The number of hydrogen-bond acceptors (Lipinski definition) is 4. The van der Waals surface area contributed by atoms with Gasteiger partial charge in [0.1, 0.15) is 0 Å². The van der Waals surface area contributed by atoms with E-state index >= 15 is 0 Å². The highest BCUT2D eigenvalue weighted by molar-refractivity contribution is 7.88. The fourth-order valence-corrected chi connectivity index (χ4v) is 2.91. The smallest absolute Gasteiger partial charge is 0.213 e. The van der Waals surface area contributed by atoms with E-state index in [0.717, 1.165) is 25.3 Å². The lowest BCUT2D eigenvalue weighted by molar-refractivity contribution is 0.183. The first-order chi connectivity index (χ1) is 8.94. The largest absolute Gasteiger partial charge is 0.382 e. The summed E-state index contributed by atoms with van der Waals surface area (Å²) in [5.41, 5.74) is 1.68. The highest BCUT2D eigenvalue weighted by Crippen LogP contribution is 2.20. The van der Waals surface area contributed by atoms with E-state index in [0.29, 0.717) is 17.5 Å². The van der Waals surface area contributed by atoms with Crippen LogP contribution in [0.15, 0.2) is 24.3 Å². The number of nitrogens with two attached hydrogens (primary N) is 1. The lowest BCUT2D eigenvalue weighted by atomic mass is 10.0. The number of ether oxygens (including phenoxy) is 1. The Kier molecular flexibility index (Phi) is 4.44. The number of primary sulfonamides is 1. The first-order valence-corrected chi connectivity index (χ1v) is 8.09. The van der Waals surface area contributed by atoms with Crippen molar-refractivity contribution in [2.24, 2.45) is 11.1 Å². The summed E-state index contributed by atoms with van der Waals surface area (Å²) in [5, 5.41) is 8.42. The average Bonchev–Trinajstić information content (AvgIpc) is 2.83. The number of nitrogens with one attached hydrogen (secondary N) is 1. The normalized spacial score (nSPS) is 21.3. The van der Waals surface area contributed by atoms with Crippen molar-refractivity contribution < 1.29 is 13.2 Å². The Morgan fingerprint density at radius 1 is 1.42 bits per heavy atom. The topological polar surface area (TPSA) is 81.4 Å². The molecule has 2 unspecified atom stereocenters. The Bertz CT molecular complexity index is 507. The van der Waals surface area contributed by atoms with Crippen molar-refractivity contribution in [3.05, 3.63) is 29.8 Å². The summed E-state index contributed by atoms with van der Waals surface area (Å²) in [5.74, 6) is 0.406. The molecule has 6 heteroatoms. The molecule has 0 radical (unpaired) electrons. The molecule has 1 aliphatic rings. The van der Waals surface area contributed by atoms with Gasteiger partial charge in [-0.2, -0.15) is 0 Å². The molecule has 0 aromatic heterocycles. The lowest BCUT2D eigenvalue weighted by Crippen LogP contribution is -2.26. The number of rotatable bonds is 5. The molecule has 106 valence electrons. The molecule has 1 fully saturated rings. The van der Waals surface area contributed by atoms with Crippen molar-refractivity contribution in [3.8, 4) is 0 Å². The van der Waals surface area contributed by atoms with Crippen LogP contribution in [-0.4, -0.2) is 27.7 Å². The van der Waals surface area contributed by atoms with E-state index < -0.39 is 10.0 Å². The van der Waals surface area contributed by atoms with Gasteiger partial charge in [0.25, 0.3) is 0 Å². The third-order valence-electron chi connectivity index (χ3n) is 3.39. The van der Waals surface area contributed by atoms with Crippen LogP contribution >= 0.6 is 0 Å². The number of anilines is 1. The van der Waals surface area contributed by atoms with Crippen molar-refractivity contribution >= 4 is 15.7 Å². The zero-order chi connectivity index (χ0) is 13.9. The van der Waals surface area contributed by atoms with Crippen LogP contribution < -0.4 is 10.5 Å². The van der Waals surface area contributed by atoms with Crippen LogP contribution in [0.3, 0.4) is 0 Å². The third-order valence-corrected chi connectivity index (χ3v) is 4.12. The molecule has 0 bridgehead atoms. The zero-order valence-electron chi connectivity index (χ0n) is 11.0. The summed E-state index contributed by atoms with van der Waals surface area (Å²) in [4.78, 5) is 0. The van der Waals surface area contributed by atoms with E-state index in [1.165, 1.54) is 0 Å². The predicted molar refractivity (Wildman–Crippen MR) is 75.3 cm³/mol. The molecule has 0 aliphatic carbocycles. The monoisotopic (exact) mass is 284 g/mol.